The topological polar surface area (TPSA) is 44.7 Å². The maximum atomic E-state index is 9.88. The van der Waals surface area contributed by atoms with Crippen molar-refractivity contribution in [1.29, 1.82) is 0 Å². The first-order valence-electron chi connectivity index (χ1n) is 7.30. The minimum atomic E-state index is -0.484. The molecule has 0 amide bonds. The smallest absolute Gasteiger partial charge is 0.122 e. The Labute approximate surface area is 122 Å². The lowest BCUT2D eigenvalue weighted by atomic mass is 10.1. The summed E-state index contributed by atoms with van der Waals surface area (Å²) < 4.78 is 5.65. The fourth-order valence-electron chi connectivity index (χ4n) is 1.90. The van der Waals surface area contributed by atoms with Crippen LogP contribution in [0.5, 0.6) is 5.75 Å². The average Bonchev–Trinajstić information content (AvgIpc) is 2.42. The van der Waals surface area contributed by atoms with Gasteiger partial charge in [-0.15, -0.1) is 0 Å². The number of aliphatic hydroxyl groups is 1. The van der Waals surface area contributed by atoms with E-state index in [-0.39, 0.29) is 0 Å². The highest BCUT2D eigenvalue weighted by molar-refractivity contribution is 5.35. The zero-order valence-corrected chi connectivity index (χ0v) is 13.1. The van der Waals surface area contributed by atoms with Crippen molar-refractivity contribution in [1.82, 2.24) is 10.2 Å². The normalized spacial score (nSPS) is 12.7. The molecule has 1 unspecified atom stereocenters. The molecular formula is C16H28N2O2. The summed E-state index contributed by atoms with van der Waals surface area (Å²) in [4.78, 5) is 2.23. The van der Waals surface area contributed by atoms with E-state index in [0.717, 1.165) is 30.9 Å². The molecular weight excluding hydrogens is 252 g/mol. The molecule has 1 aromatic rings. The average molecular weight is 280 g/mol. The fourth-order valence-corrected chi connectivity index (χ4v) is 1.90. The number of hydrogen-bond acceptors (Lipinski definition) is 4. The third kappa shape index (κ3) is 6.37. The summed E-state index contributed by atoms with van der Waals surface area (Å²) in [5.74, 6) is 0.848. The molecule has 0 fully saturated rings. The first-order chi connectivity index (χ1) is 9.52. The second-order valence-corrected chi connectivity index (χ2v) is 5.33. The van der Waals surface area contributed by atoms with Crippen LogP contribution in [-0.2, 0) is 0 Å². The van der Waals surface area contributed by atoms with Crippen molar-refractivity contribution >= 4 is 0 Å². The molecule has 114 valence electrons. The van der Waals surface area contributed by atoms with Gasteiger partial charge in [-0.1, -0.05) is 24.6 Å². The Morgan fingerprint density at radius 3 is 2.75 bits per heavy atom. The van der Waals surface area contributed by atoms with Gasteiger partial charge < -0.3 is 20.1 Å². The molecule has 1 rings (SSSR count). The van der Waals surface area contributed by atoms with Crippen LogP contribution in [0.25, 0.3) is 0 Å². The summed E-state index contributed by atoms with van der Waals surface area (Å²) in [7, 11) is 2.08. The van der Waals surface area contributed by atoms with E-state index in [2.05, 4.69) is 37.2 Å². The summed E-state index contributed by atoms with van der Waals surface area (Å²) >= 11 is 0. The number of hydrogen-bond donors (Lipinski definition) is 2. The predicted octanol–water partition coefficient (Wildman–Crippen LogP) is 1.58. The zero-order valence-electron chi connectivity index (χ0n) is 13.1. The SMILES string of the molecule is CCN(C)CCNCC(O)COc1ccc(C)cc1C. The second kappa shape index (κ2) is 8.95. The van der Waals surface area contributed by atoms with Crippen molar-refractivity contribution in [2.24, 2.45) is 0 Å². The molecule has 0 spiro atoms. The van der Waals surface area contributed by atoms with E-state index in [1.54, 1.807) is 0 Å². The summed E-state index contributed by atoms with van der Waals surface area (Å²) in [6, 6.07) is 6.06. The van der Waals surface area contributed by atoms with Crippen LogP contribution in [0, 0.1) is 13.8 Å². The van der Waals surface area contributed by atoms with Crippen LogP contribution in [0.3, 0.4) is 0 Å². The predicted molar refractivity (Wildman–Crippen MR) is 83.5 cm³/mol. The number of aryl methyl sites for hydroxylation is 2. The lowest BCUT2D eigenvalue weighted by molar-refractivity contribution is 0.105. The number of nitrogens with one attached hydrogen (secondary N) is 1. The molecule has 0 bridgehead atoms. The van der Waals surface area contributed by atoms with Gasteiger partial charge in [-0.3, -0.25) is 0 Å². The largest absolute Gasteiger partial charge is 0.491 e. The Morgan fingerprint density at radius 2 is 2.10 bits per heavy atom. The van der Waals surface area contributed by atoms with Crippen LogP contribution in [0.2, 0.25) is 0 Å². The molecule has 1 aromatic carbocycles. The maximum Gasteiger partial charge on any atom is 0.122 e. The fraction of sp³-hybridized carbons (Fsp3) is 0.625. The molecule has 0 aliphatic carbocycles. The zero-order chi connectivity index (χ0) is 15.0. The Bertz CT molecular complexity index is 396. The van der Waals surface area contributed by atoms with Gasteiger partial charge in [0.1, 0.15) is 18.5 Å². The van der Waals surface area contributed by atoms with Crippen LogP contribution in [0.1, 0.15) is 18.1 Å². The van der Waals surface area contributed by atoms with E-state index in [9.17, 15) is 5.11 Å². The third-order valence-corrected chi connectivity index (χ3v) is 3.35. The highest BCUT2D eigenvalue weighted by atomic mass is 16.5. The maximum absolute atomic E-state index is 9.88. The van der Waals surface area contributed by atoms with E-state index >= 15 is 0 Å². The minimum Gasteiger partial charge on any atom is -0.491 e. The van der Waals surface area contributed by atoms with Gasteiger partial charge in [0.2, 0.25) is 0 Å². The van der Waals surface area contributed by atoms with Gasteiger partial charge in [0.05, 0.1) is 0 Å². The minimum absolute atomic E-state index is 0.320. The van der Waals surface area contributed by atoms with Gasteiger partial charge >= 0.3 is 0 Å². The van der Waals surface area contributed by atoms with Crippen molar-refractivity contribution in [2.45, 2.75) is 26.9 Å². The molecule has 4 heteroatoms. The highest BCUT2D eigenvalue weighted by Gasteiger charge is 2.06. The van der Waals surface area contributed by atoms with E-state index in [0.29, 0.717) is 13.2 Å². The van der Waals surface area contributed by atoms with Gasteiger partial charge in [-0.05, 0) is 39.1 Å². The molecule has 0 aromatic heterocycles. The summed E-state index contributed by atoms with van der Waals surface area (Å²) in [5, 5.41) is 13.1. The monoisotopic (exact) mass is 280 g/mol. The van der Waals surface area contributed by atoms with Crippen molar-refractivity contribution in [3.63, 3.8) is 0 Å². The molecule has 0 saturated carbocycles. The molecule has 20 heavy (non-hydrogen) atoms. The summed E-state index contributed by atoms with van der Waals surface area (Å²) in [6.07, 6.45) is -0.484. The van der Waals surface area contributed by atoms with Crippen molar-refractivity contribution in [3.8, 4) is 5.75 Å². The van der Waals surface area contributed by atoms with Gasteiger partial charge in [0.15, 0.2) is 0 Å². The molecule has 0 saturated heterocycles. The van der Waals surface area contributed by atoms with E-state index in [1.165, 1.54) is 5.56 Å². The molecule has 4 nitrogen and oxygen atoms in total. The molecule has 0 aliphatic rings. The van der Waals surface area contributed by atoms with Crippen LogP contribution < -0.4 is 10.1 Å². The van der Waals surface area contributed by atoms with Crippen LogP contribution in [0.15, 0.2) is 18.2 Å². The Balaban J connectivity index is 2.21. The van der Waals surface area contributed by atoms with Crippen LogP contribution in [-0.4, -0.2) is 55.9 Å². The number of ether oxygens (including phenoxy) is 1. The van der Waals surface area contributed by atoms with Crippen LogP contribution >= 0.6 is 0 Å². The summed E-state index contributed by atoms with van der Waals surface area (Å²) in [6.45, 7) is 10.00. The summed E-state index contributed by atoms with van der Waals surface area (Å²) in [5.41, 5.74) is 2.33. The second-order valence-electron chi connectivity index (χ2n) is 5.33. The van der Waals surface area contributed by atoms with Crippen LogP contribution in [0.4, 0.5) is 0 Å². The lowest BCUT2D eigenvalue weighted by Crippen LogP contribution is -2.36. The van der Waals surface area contributed by atoms with Gasteiger partial charge in [0.25, 0.3) is 0 Å². The first-order valence-corrected chi connectivity index (χ1v) is 7.30. The lowest BCUT2D eigenvalue weighted by Gasteiger charge is -2.17. The number of rotatable bonds is 9. The highest BCUT2D eigenvalue weighted by Crippen LogP contribution is 2.18. The van der Waals surface area contributed by atoms with Crippen molar-refractivity contribution in [2.75, 3.05) is 39.8 Å². The molecule has 2 N–H and O–H groups in total. The van der Waals surface area contributed by atoms with Crippen molar-refractivity contribution < 1.29 is 9.84 Å². The Kier molecular flexibility index (Phi) is 7.59. The molecule has 0 radical (unpaired) electrons. The number of benzene rings is 1. The van der Waals surface area contributed by atoms with Gasteiger partial charge in [-0.2, -0.15) is 0 Å². The number of nitrogens with zero attached hydrogens (tertiary/aromatic N) is 1. The van der Waals surface area contributed by atoms with Gasteiger partial charge in [-0.25, -0.2) is 0 Å². The van der Waals surface area contributed by atoms with E-state index in [4.69, 9.17) is 4.74 Å². The number of likely N-dealkylation sites (N-methyl/N-ethyl adjacent to an activating group) is 1. The standard InChI is InChI=1S/C16H28N2O2/c1-5-18(4)9-8-17-11-15(19)12-20-16-7-6-13(2)10-14(16)3/h6-7,10,15,17,19H,5,8-9,11-12H2,1-4H3. The number of aliphatic hydroxyl groups excluding tert-OH is 1. The van der Waals surface area contributed by atoms with E-state index in [1.807, 2.05) is 19.1 Å². The van der Waals surface area contributed by atoms with Gasteiger partial charge in [0, 0.05) is 19.6 Å². The molecule has 0 aliphatic heterocycles. The Hall–Kier alpha value is -1.10. The Morgan fingerprint density at radius 1 is 1.35 bits per heavy atom. The quantitative estimate of drug-likeness (QED) is 0.674. The van der Waals surface area contributed by atoms with Crippen molar-refractivity contribution in [3.05, 3.63) is 29.3 Å². The first kappa shape index (κ1) is 17.0. The van der Waals surface area contributed by atoms with E-state index < -0.39 is 6.10 Å². The molecule has 0 heterocycles. The molecule has 1 atom stereocenters. The third-order valence-electron chi connectivity index (χ3n) is 3.35.